The molecular weight excluding hydrogens is 286 g/mol. The average Bonchev–Trinajstić information content (AvgIpc) is 2.58. The second-order valence-electron chi connectivity index (χ2n) is 4.42. The maximum atomic E-state index is 9.52. The molecule has 94 valence electrons. The molecule has 0 aliphatic carbocycles. The monoisotopic (exact) mass is 301 g/mol. The molecule has 1 fully saturated rings. The molecule has 3 atom stereocenters. The molecule has 1 saturated heterocycles. The highest BCUT2D eigenvalue weighted by atomic mass is 79.9. The van der Waals surface area contributed by atoms with Crippen LogP contribution in [0.5, 0.6) is 0 Å². The van der Waals surface area contributed by atoms with Gasteiger partial charge < -0.3 is 20.2 Å². The van der Waals surface area contributed by atoms with Crippen LogP contribution in [0, 0.1) is 0 Å². The Kier molecular flexibility index (Phi) is 3.73. The normalized spacial score (nSPS) is 26.3. The van der Waals surface area contributed by atoms with Crippen LogP contribution in [0.1, 0.15) is 18.6 Å². The number of aliphatic hydroxyl groups excluding tert-OH is 3. The van der Waals surface area contributed by atoms with Gasteiger partial charge in [-0.3, -0.25) is 0 Å². The van der Waals surface area contributed by atoms with Crippen molar-refractivity contribution in [3.8, 4) is 0 Å². The lowest BCUT2D eigenvalue weighted by Crippen LogP contribution is -2.22. The highest BCUT2D eigenvalue weighted by Gasteiger charge is 2.29. The number of nitrogens with zero attached hydrogens (tertiary/aromatic N) is 1. The highest BCUT2D eigenvalue weighted by molar-refractivity contribution is 9.10. The zero-order valence-electron chi connectivity index (χ0n) is 9.55. The van der Waals surface area contributed by atoms with E-state index in [9.17, 15) is 15.3 Å². The molecular formula is C12H16BrNO3. The summed E-state index contributed by atoms with van der Waals surface area (Å²) < 4.78 is 0.834. The Balaban J connectivity index is 2.21. The van der Waals surface area contributed by atoms with Gasteiger partial charge in [-0.05, 0) is 24.6 Å². The molecule has 2 rings (SSSR count). The molecule has 1 aliphatic heterocycles. The third-order valence-electron chi connectivity index (χ3n) is 3.06. The van der Waals surface area contributed by atoms with E-state index < -0.39 is 18.3 Å². The summed E-state index contributed by atoms with van der Waals surface area (Å²) >= 11 is 3.41. The first-order valence-electron chi connectivity index (χ1n) is 5.57. The molecule has 1 aromatic rings. The Labute approximate surface area is 109 Å². The van der Waals surface area contributed by atoms with Crippen LogP contribution in [-0.2, 0) is 0 Å². The van der Waals surface area contributed by atoms with Crippen LogP contribution in [-0.4, -0.2) is 40.6 Å². The maximum Gasteiger partial charge on any atom is 0.0990 e. The molecule has 3 unspecified atom stereocenters. The highest BCUT2D eigenvalue weighted by Crippen LogP contribution is 2.29. The minimum Gasteiger partial charge on any atom is -0.389 e. The van der Waals surface area contributed by atoms with Crippen LogP contribution < -0.4 is 4.90 Å². The number of β-amino-alcohol motifs (C(OH)–C–C–N with tert-alkyl or cyclic N) is 2. The smallest absolute Gasteiger partial charge is 0.0990 e. The van der Waals surface area contributed by atoms with Gasteiger partial charge in [-0.2, -0.15) is 0 Å². The summed E-state index contributed by atoms with van der Waals surface area (Å²) in [6, 6.07) is 5.63. The largest absolute Gasteiger partial charge is 0.389 e. The van der Waals surface area contributed by atoms with Crippen molar-refractivity contribution in [1.82, 2.24) is 0 Å². The minimum atomic E-state index is -0.690. The molecule has 17 heavy (non-hydrogen) atoms. The summed E-state index contributed by atoms with van der Waals surface area (Å²) in [4.78, 5) is 1.92. The molecule has 0 spiro atoms. The summed E-state index contributed by atoms with van der Waals surface area (Å²) in [7, 11) is 0. The van der Waals surface area contributed by atoms with E-state index in [0.29, 0.717) is 13.1 Å². The van der Waals surface area contributed by atoms with E-state index in [2.05, 4.69) is 15.9 Å². The molecule has 0 aromatic heterocycles. The van der Waals surface area contributed by atoms with Crippen molar-refractivity contribution in [2.24, 2.45) is 0 Å². The van der Waals surface area contributed by atoms with E-state index in [-0.39, 0.29) is 0 Å². The predicted octanol–water partition coefficient (Wildman–Crippen LogP) is 1.04. The number of benzene rings is 1. The molecule has 1 aliphatic rings. The van der Waals surface area contributed by atoms with Crippen molar-refractivity contribution < 1.29 is 15.3 Å². The summed E-state index contributed by atoms with van der Waals surface area (Å²) in [5.74, 6) is 0. The summed E-state index contributed by atoms with van der Waals surface area (Å²) in [5, 5.41) is 28.5. The first kappa shape index (κ1) is 12.8. The summed E-state index contributed by atoms with van der Waals surface area (Å²) in [6.45, 7) is 2.58. The maximum absolute atomic E-state index is 9.52. The molecule has 0 saturated carbocycles. The Morgan fingerprint density at radius 3 is 2.35 bits per heavy atom. The van der Waals surface area contributed by atoms with Crippen molar-refractivity contribution in [3.63, 3.8) is 0 Å². The van der Waals surface area contributed by atoms with Gasteiger partial charge in [-0.1, -0.05) is 22.0 Å². The average molecular weight is 302 g/mol. The van der Waals surface area contributed by atoms with Crippen molar-refractivity contribution >= 4 is 21.6 Å². The Morgan fingerprint density at radius 1 is 1.29 bits per heavy atom. The van der Waals surface area contributed by atoms with Crippen molar-refractivity contribution in [2.45, 2.75) is 25.2 Å². The van der Waals surface area contributed by atoms with Crippen molar-refractivity contribution in [2.75, 3.05) is 18.0 Å². The van der Waals surface area contributed by atoms with Gasteiger partial charge in [-0.15, -0.1) is 0 Å². The quantitative estimate of drug-likeness (QED) is 0.764. The summed E-state index contributed by atoms with van der Waals surface area (Å²) in [5.41, 5.74) is 1.76. The van der Waals surface area contributed by atoms with E-state index in [1.807, 2.05) is 23.1 Å². The van der Waals surface area contributed by atoms with Gasteiger partial charge in [0.15, 0.2) is 0 Å². The third kappa shape index (κ3) is 2.63. The van der Waals surface area contributed by atoms with E-state index in [1.54, 1.807) is 6.92 Å². The van der Waals surface area contributed by atoms with Crippen LogP contribution in [0.15, 0.2) is 22.7 Å². The third-order valence-corrected chi connectivity index (χ3v) is 3.75. The number of hydrogen-bond donors (Lipinski definition) is 3. The van der Waals surface area contributed by atoms with E-state index >= 15 is 0 Å². The van der Waals surface area contributed by atoms with Gasteiger partial charge in [0.1, 0.15) is 0 Å². The lowest BCUT2D eigenvalue weighted by atomic mass is 10.1. The second kappa shape index (κ2) is 4.94. The predicted molar refractivity (Wildman–Crippen MR) is 69.0 cm³/mol. The van der Waals surface area contributed by atoms with E-state index in [1.165, 1.54) is 0 Å². The number of anilines is 1. The molecule has 1 heterocycles. The first-order chi connectivity index (χ1) is 7.99. The van der Waals surface area contributed by atoms with Gasteiger partial charge >= 0.3 is 0 Å². The molecule has 3 N–H and O–H groups in total. The fraction of sp³-hybridized carbons (Fsp3) is 0.500. The standard InChI is InChI=1S/C12H16BrNO3/c1-7(15)9-3-2-8(4-10(9)13)14-5-11(16)12(17)6-14/h2-4,7,11-12,15-17H,5-6H2,1H3. The molecule has 0 radical (unpaired) electrons. The van der Waals surface area contributed by atoms with Crippen molar-refractivity contribution in [1.29, 1.82) is 0 Å². The Hall–Kier alpha value is -0.620. The number of hydrogen-bond acceptors (Lipinski definition) is 4. The lowest BCUT2D eigenvalue weighted by Gasteiger charge is -2.19. The second-order valence-corrected chi connectivity index (χ2v) is 5.28. The number of halogens is 1. The molecule has 0 amide bonds. The topological polar surface area (TPSA) is 63.9 Å². The summed E-state index contributed by atoms with van der Waals surface area (Å²) in [6.07, 6.45) is -1.90. The van der Waals surface area contributed by atoms with Gasteiger partial charge in [0, 0.05) is 23.2 Å². The molecule has 1 aromatic carbocycles. The van der Waals surface area contributed by atoms with Gasteiger partial charge in [-0.25, -0.2) is 0 Å². The molecule has 5 heteroatoms. The SMILES string of the molecule is CC(O)c1ccc(N2CC(O)C(O)C2)cc1Br. The number of aliphatic hydroxyl groups is 3. The molecule has 4 nitrogen and oxygen atoms in total. The van der Waals surface area contributed by atoms with Crippen LogP contribution >= 0.6 is 15.9 Å². The Bertz CT molecular complexity index is 401. The van der Waals surface area contributed by atoms with Gasteiger partial charge in [0.25, 0.3) is 0 Å². The lowest BCUT2D eigenvalue weighted by molar-refractivity contribution is 0.0572. The minimum absolute atomic E-state index is 0.432. The van der Waals surface area contributed by atoms with Gasteiger partial charge in [0.2, 0.25) is 0 Å². The molecule has 0 bridgehead atoms. The van der Waals surface area contributed by atoms with E-state index in [4.69, 9.17) is 0 Å². The fourth-order valence-corrected chi connectivity index (χ4v) is 2.73. The fourth-order valence-electron chi connectivity index (χ4n) is 2.03. The van der Waals surface area contributed by atoms with Gasteiger partial charge in [0.05, 0.1) is 18.3 Å². The van der Waals surface area contributed by atoms with Crippen molar-refractivity contribution in [3.05, 3.63) is 28.2 Å². The first-order valence-corrected chi connectivity index (χ1v) is 6.37. The number of rotatable bonds is 2. The zero-order valence-corrected chi connectivity index (χ0v) is 11.1. The van der Waals surface area contributed by atoms with Crippen LogP contribution in [0.4, 0.5) is 5.69 Å². The Morgan fingerprint density at radius 2 is 1.88 bits per heavy atom. The van der Waals surface area contributed by atoms with Crippen LogP contribution in [0.2, 0.25) is 0 Å². The van der Waals surface area contributed by atoms with Crippen LogP contribution in [0.25, 0.3) is 0 Å². The van der Waals surface area contributed by atoms with E-state index in [0.717, 1.165) is 15.7 Å². The van der Waals surface area contributed by atoms with Crippen LogP contribution in [0.3, 0.4) is 0 Å². The zero-order chi connectivity index (χ0) is 12.6.